The summed E-state index contributed by atoms with van der Waals surface area (Å²) in [6.45, 7) is 0.199. The fourth-order valence-electron chi connectivity index (χ4n) is 4.62. The number of aliphatic hydroxyl groups is 1. The van der Waals surface area contributed by atoms with Gasteiger partial charge in [-0.2, -0.15) is 0 Å². The minimum absolute atomic E-state index is 0.112. The molecule has 0 aromatic carbocycles. The molecule has 0 bridgehead atoms. The minimum Gasteiger partial charge on any atom is -0.391 e. The van der Waals surface area contributed by atoms with Gasteiger partial charge in [0.1, 0.15) is 12.1 Å². The van der Waals surface area contributed by atoms with Crippen LogP contribution in [0.15, 0.2) is 6.20 Å². The van der Waals surface area contributed by atoms with Crippen molar-refractivity contribution in [2.24, 2.45) is 5.92 Å². The Morgan fingerprint density at radius 1 is 1.22 bits per heavy atom. The number of amides is 2. The van der Waals surface area contributed by atoms with Gasteiger partial charge < -0.3 is 15.3 Å². The molecule has 8 heteroatoms. The Kier molecular flexibility index (Phi) is 5.16. The maximum atomic E-state index is 13.6. The van der Waals surface area contributed by atoms with Gasteiger partial charge in [-0.25, -0.2) is 4.68 Å². The van der Waals surface area contributed by atoms with Crippen LogP contribution in [0, 0.1) is 5.92 Å². The highest BCUT2D eigenvalue weighted by molar-refractivity contribution is 5.90. The quantitative estimate of drug-likeness (QED) is 0.799. The second-order valence-electron chi connectivity index (χ2n) is 8.25. The Morgan fingerprint density at radius 3 is 2.63 bits per heavy atom. The molecule has 1 aromatic heterocycles. The van der Waals surface area contributed by atoms with Gasteiger partial charge in [0.2, 0.25) is 11.8 Å². The molecule has 27 heavy (non-hydrogen) atoms. The van der Waals surface area contributed by atoms with Crippen LogP contribution < -0.4 is 5.32 Å². The average Bonchev–Trinajstić information content (AvgIpc) is 3.30. The van der Waals surface area contributed by atoms with Crippen molar-refractivity contribution >= 4 is 11.8 Å². The van der Waals surface area contributed by atoms with Crippen LogP contribution in [0.25, 0.3) is 0 Å². The van der Waals surface area contributed by atoms with Crippen molar-refractivity contribution in [2.75, 3.05) is 13.6 Å². The molecule has 3 atom stereocenters. The molecule has 2 aliphatic carbocycles. The van der Waals surface area contributed by atoms with E-state index in [-0.39, 0.29) is 30.7 Å². The Labute approximate surface area is 159 Å². The summed E-state index contributed by atoms with van der Waals surface area (Å²) in [7, 11) is 1.56. The fourth-order valence-corrected chi connectivity index (χ4v) is 4.62. The van der Waals surface area contributed by atoms with Gasteiger partial charge >= 0.3 is 0 Å². The van der Waals surface area contributed by atoms with Gasteiger partial charge in [0.15, 0.2) is 0 Å². The van der Waals surface area contributed by atoms with Gasteiger partial charge in [0.05, 0.1) is 11.8 Å². The number of β-amino-alcohol motifs (C(OH)–C–C–N with tert-alkyl or cyclic N) is 1. The van der Waals surface area contributed by atoms with Crippen molar-refractivity contribution in [3.8, 4) is 0 Å². The van der Waals surface area contributed by atoms with Crippen molar-refractivity contribution in [1.82, 2.24) is 25.2 Å². The molecule has 0 radical (unpaired) electrons. The van der Waals surface area contributed by atoms with Crippen molar-refractivity contribution in [3.63, 3.8) is 0 Å². The summed E-state index contributed by atoms with van der Waals surface area (Å²) >= 11 is 0. The lowest BCUT2D eigenvalue weighted by Crippen LogP contribution is -2.49. The highest BCUT2D eigenvalue weighted by Gasteiger charge is 2.44. The Hall–Kier alpha value is -1.96. The second kappa shape index (κ2) is 7.58. The lowest BCUT2D eigenvalue weighted by atomic mass is 9.83. The Balaban J connectivity index is 1.62. The number of hydrogen-bond donors (Lipinski definition) is 2. The van der Waals surface area contributed by atoms with E-state index in [0.29, 0.717) is 5.92 Å². The van der Waals surface area contributed by atoms with Crippen molar-refractivity contribution in [3.05, 3.63) is 11.9 Å². The summed E-state index contributed by atoms with van der Waals surface area (Å²) in [5, 5.41) is 21.3. The molecule has 2 heterocycles. The van der Waals surface area contributed by atoms with Gasteiger partial charge in [-0.1, -0.05) is 24.5 Å². The standard InChI is InChI=1S/C19H29N5O3/c1-20-18(26)16-9-14(25)10-23(16)19(27)17(13-5-3-2-4-6-13)24-11-15(21-22-24)12-7-8-12/h11-14,16-17,25H,2-10H2,1H3,(H,20,26). The molecule has 1 aromatic rings. The molecule has 3 aliphatic rings. The lowest BCUT2D eigenvalue weighted by Gasteiger charge is -2.33. The van der Waals surface area contributed by atoms with Crippen molar-refractivity contribution in [2.45, 2.75) is 75.5 Å². The first-order chi connectivity index (χ1) is 13.1. The number of likely N-dealkylation sites (tertiary alicyclic amines) is 1. The maximum absolute atomic E-state index is 13.6. The Bertz CT molecular complexity index is 695. The Morgan fingerprint density at radius 2 is 1.96 bits per heavy atom. The first-order valence-electron chi connectivity index (χ1n) is 10.2. The number of aromatic nitrogens is 3. The largest absolute Gasteiger partial charge is 0.391 e. The van der Waals surface area contributed by atoms with E-state index in [1.165, 1.54) is 6.42 Å². The molecule has 4 rings (SSSR count). The summed E-state index contributed by atoms with van der Waals surface area (Å²) in [6.07, 6.45) is 9.21. The predicted octanol–water partition coefficient (Wildman–Crippen LogP) is 0.985. The first kappa shape index (κ1) is 18.4. The number of carbonyl (C=O) groups is 2. The smallest absolute Gasteiger partial charge is 0.248 e. The van der Waals surface area contributed by atoms with Crippen LogP contribution in [0.3, 0.4) is 0 Å². The SMILES string of the molecule is CNC(=O)C1CC(O)CN1C(=O)C(C1CCCCC1)n1cc(C2CC2)nn1. The molecule has 148 valence electrons. The molecule has 3 fully saturated rings. The van der Waals surface area contributed by atoms with Gasteiger partial charge in [-0.3, -0.25) is 9.59 Å². The summed E-state index contributed by atoms with van der Waals surface area (Å²) in [6, 6.07) is -1.06. The van der Waals surface area contributed by atoms with E-state index in [0.717, 1.165) is 44.2 Å². The normalized spacial score (nSPS) is 27.6. The van der Waals surface area contributed by atoms with E-state index in [2.05, 4.69) is 15.6 Å². The van der Waals surface area contributed by atoms with Crippen molar-refractivity contribution < 1.29 is 14.7 Å². The molecule has 2 N–H and O–H groups in total. The van der Waals surface area contributed by atoms with Crippen LogP contribution in [0.4, 0.5) is 0 Å². The van der Waals surface area contributed by atoms with Gasteiger partial charge in [0.25, 0.3) is 0 Å². The number of rotatable bonds is 5. The van der Waals surface area contributed by atoms with E-state index >= 15 is 0 Å². The molecule has 1 saturated heterocycles. The van der Waals surface area contributed by atoms with E-state index in [1.807, 2.05) is 6.20 Å². The van der Waals surface area contributed by atoms with E-state index < -0.39 is 18.2 Å². The van der Waals surface area contributed by atoms with Gasteiger partial charge in [-0.05, 0) is 31.6 Å². The fraction of sp³-hybridized carbons (Fsp3) is 0.789. The molecule has 8 nitrogen and oxygen atoms in total. The van der Waals surface area contributed by atoms with Crippen LogP contribution >= 0.6 is 0 Å². The van der Waals surface area contributed by atoms with Crippen LogP contribution in [-0.4, -0.2) is 62.6 Å². The second-order valence-corrected chi connectivity index (χ2v) is 8.25. The third-order valence-corrected chi connectivity index (χ3v) is 6.27. The highest BCUT2D eigenvalue weighted by atomic mass is 16.3. The zero-order valence-corrected chi connectivity index (χ0v) is 15.9. The zero-order chi connectivity index (χ0) is 19.0. The number of nitrogens with one attached hydrogen (secondary N) is 1. The number of hydrogen-bond acceptors (Lipinski definition) is 5. The van der Waals surface area contributed by atoms with E-state index in [4.69, 9.17) is 0 Å². The predicted molar refractivity (Wildman–Crippen MR) is 97.8 cm³/mol. The van der Waals surface area contributed by atoms with Crippen LogP contribution in [0.1, 0.15) is 69.0 Å². The van der Waals surface area contributed by atoms with E-state index in [9.17, 15) is 14.7 Å². The topological polar surface area (TPSA) is 100 Å². The number of nitrogens with zero attached hydrogens (tertiary/aromatic N) is 4. The summed E-state index contributed by atoms with van der Waals surface area (Å²) in [5.41, 5.74) is 0.966. The molecular formula is C19H29N5O3. The van der Waals surface area contributed by atoms with Gasteiger partial charge in [0, 0.05) is 32.1 Å². The van der Waals surface area contributed by atoms with Crippen LogP contribution in [0.2, 0.25) is 0 Å². The molecule has 0 spiro atoms. The number of likely N-dealkylation sites (N-methyl/N-ethyl adjacent to an activating group) is 1. The third kappa shape index (κ3) is 3.72. The third-order valence-electron chi connectivity index (χ3n) is 6.27. The number of aliphatic hydroxyl groups excluding tert-OH is 1. The zero-order valence-electron chi connectivity index (χ0n) is 15.9. The average molecular weight is 375 g/mol. The first-order valence-corrected chi connectivity index (χ1v) is 10.2. The molecule has 2 amide bonds. The summed E-state index contributed by atoms with van der Waals surface area (Å²) < 4.78 is 1.73. The lowest BCUT2D eigenvalue weighted by molar-refractivity contribution is -0.143. The van der Waals surface area contributed by atoms with Crippen LogP contribution in [0.5, 0.6) is 0 Å². The number of carbonyl (C=O) groups excluding carboxylic acids is 2. The van der Waals surface area contributed by atoms with Crippen molar-refractivity contribution in [1.29, 1.82) is 0 Å². The maximum Gasteiger partial charge on any atom is 0.248 e. The molecule has 1 aliphatic heterocycles. The highest BCUT2D eigenvalue weighted by Crippen LogP contribution is 2.40. The van der Waals surface area contributed by atoms with E-state index in [1.54, 1.807) is 16.6 Å². The summed E-state index contributed by atoms with van der Waals surface area (Å²) in [4.78, 5) is 27.4. The molecular weight excluding hydrogens is 346 g/mol. The molecule has 3 unspecified atom stereocenters. The summed E-state index contributed by atoms with van der Waals surface area (Å²) in [5.74, 6) is 0.343. The van der Waals surface area contributed by atoms with Crippen LogP contribution in [-0.2, 0) is 9.59 Å². The molecule has 2 saturated carbocycles. The minimum atomic E-state index is -0.666. The van der Waals surface area contributed by atoms with Gasteiger partial charge in [-0.15, -0.1) is 5.10 Å². The monoisotopic (exact) mass is 375 g/mol.